The Kier molecular flexibility index (Phi) is 5.39. The van der Waals surface area contributed by atoms with Crippen molar-refractivity contribution in [2.75, 3.05) is 39.4 Å². The summed E-state index contributed by atoms with van der Waals surface area (Å²) in [6, 6.07) is 14.9. The third-order valence-corrected chi connectivity index (χ3v) is 5.72. The molecule has 29 heavy (non-hydrogen) atoms. The summed E-state index contributed by atoms with van der Waals surface area (Å²) in [5.41, 5.74) is 6.03. The first-order valence-electron chi connectivity index (χ1n) is 10.4. The zero-order valence-corrected chi connectivity index (χ0v) is 16.6. The van der Waals surface area contributed by atoms with E-state index in [0.717, 1.165) is 69.9 Å². The Hall–Kier alpha value is -2.54. The van der Waals surface area contributed by atoms with Gasteiger partial charge >= 0.3 is 0 Å². The average molecular weight is 390 g/mol. The Morgan fingerprint density at radius 3 is 2.69 bits per heavy atom. The Bertz CT molecular complexity index is 979. The summed E-state index contributed by atoms with van der Waals surface area (Å²) >= 11 is 0. The van der Waals surface area contributed by atoms with Crippen molar-refractivity contribution in [3.63, 3.8) is 0 Å². The maximum atomic E-state index is 5.61. The van der Waals surface area contributed by atoms with Crippen LogP contribution >= 0.6 is 0 Å². The quantitative estimate of drug-likeness (QED) is 0.739. The van der Waals surface area contributed by atoms with Gasteiger partial charge in [0.1, 0.15) is 0 Å². The smallest absolute Gasteiger partial charge is 0.258 e. The van der Waals surface area contributed by atoms with Crippen LogP contribution in [0.2, 0.25) is 0 Å². The Labute approximate surface area is 170 Å². The number of aromatic nitrogens is 2. The van der Waals surface area contributed by atoms with Gasteiger partial charge in [-0.25, -0.2) is 0 Å². The molecule has 0 aliphatic carbocycles. The van der Waals surface area contributed by atoms with Crippen LogP contribution in [0.15, 0.2) is 47.0 Å². The maximum Gasteiger partial charge on any atom is 0.258 e. The van der Waals surface area contributed by atoms with Gasteiger partial charge in [0.25, 0.3) is 5.89 Å². The van der Waals surface area contributed by atoms with Crippen LogP contribution in [0, 0.1) is 0 Å². The van der Waals surface area contributed by atoms with Gasteiger partial charge in [-0.05, 0) is 60.8 Å². The topological polar surface area (TPSA) is 63.4 Å². The predicted octanol–water partition coefficient (Wildman–Crippen LogP) is 2.92. The van der Waals surface area contributed by atoms with Crippen LogP contribution in [0.25, 0.3) is 22.8 Å². The van der Waals surface area contributed by atoms with Crippen molar-refractivity contribution in [3.05, 3.63) is 59.2 Å². The van der Waals surface area contributed by atoms with Gasteiger partial charge in [-0.15, -0.1) is 0 Å². The summed E-state index contributed by atoms with van der Waals surface area (Å²) in [7, 11) is 0. The number of hydrogen-bond donors (Lipinski definition) is 1. The van der Waals surface area contributed by atoms with Gasteiger partial charge in [0.05, 0.1) is 13.2 Å². The fraction of sp³-hybridized carbons (Fsp3) is 0.391. The predicted molar refractivity (Wildman–Crippen MR) is 112 cm³/mol. The molecule has 2 aliphatic rings. The molecule has 1 N–H and O–H groups in total. The number of nitrogens with zero attached hydrogens (tertiary/aromatic N) is 3. The minimum atomic E-state index is 0.582. The molecule has 6 nitrogen and oxygen atoms in total. The second-order valence-electron chi connectivity index (χ2n) is 7.75. The first-order chi connectivity index (χ1) is 14.3. The maximum absolute atomic E-state index is 5.61. The zero-order chi connectivity index (χ0) is 19.5. The molecule has 3 heterocycles. The van der Waals surface area contributed by atoms with E-state index in [1.54, 1.807) is 0 Å². The molecule has 0 unspecified atom stereocenters. The third-order valence-electron chi connectivity index (χ3n) is 5.72. The molecule has 0 saturated carbocycles. The molecule has 0 amide bonds. The van der Waals surface area contributed by atoms with Gasteiger partial charge < -0.3 is 14.6 Å². The molecule has 1 fully saturated rings. The van der Waals surface area contributed by atoms with E-state index in [1.807, 2.05) is 6.07 Å². The van der Waals surface area contributed by atoms with Crippen molar-refractivity contribution in [2.24, 2.45) is 0 Å². The van der Waals surface area contributed by atoms with Crippen molar-refractivity contribution >= 4 is 0 Å². The van der Waals surface area contributed by atoms with E-state index in [-0.39, 0.29) is 0 Å². The molecule has 0 radical (unpaired) electrons. The van der Waals surface area contributed by atoms with Crippen molar-refractivity contribution in [1.29, 1.82) is 0 Å². The van der Waals surface area contributed by atoms with E-state index in [2.05, 4.69) is 56.8 Å². The number of hydrogen-bond acceptors (Lipinski definition) is 6. The third kappa shape index (κ3) is 4.24. The van der Waals surface area contributed by atoms with Gasteiger partial charge in [-0.2, -0.15) is 4.98 Å². The lowest BCUT2D eigenvalue weighted by atomic mass is 10.00. The number of ether oxygens (including phenoxy) is 1. The highest BCUT2D eigenvalue weighted by Crippen LogP contribution is 2.26. The van der Waals surface area contributed by atoms with Crippen molar-refractivity contribution < 1.29 is 9.26 Å². The second kappa shape index (κ2) is 8.45. The number of benzene rings is 2. The highest BCUT2D eigenvalue weighted by Gasteiger charge is 2.15. The zero-order valence-electron chi connectivity index (χ0n) is 16.6. The van der Waals surface area contributed by atoms with Crippen LogP contribution in [-0.4, -0.2) is 54.4 Å². The van der Waals surface area contributed by atoms with Crippen molar-refractivity contribution in [1.82, 2.24) is 20.4 Å². The molecule has 1 saturated heterocycles. The van der Waals surface area contributed by atoms with Crippen LogP contribution in [0.3, 0.4) is 0 Å². The first kappa shape index (κ1) is 18.5. The molecule has 5 rings (SSSR count). The molecule has 6 heteroatoms. The largest absolute Gasteiger partial charge is 0.379 e. The van der Waals surface area contributed by atoms with E-state index in [0.29, 0.717) is 11.7 Å². The second-order valence-corrected chi connectivity index (χ2v) is 7.75. The number of fused-ring (bicyclic) bond motifs is 1. The average Bonchev–Trinajstić information content (AvgIpc) is 3.14. The lowest BCUT2D eigenvalue weighted by Crippen LogP contribution is -2.35. The van der Waals surface area contributed by atoms with Gasteiger partial charge in [0.15, 0.2) is 0 Å². The number of rotatable bonds is 4. The molecule has 0 atom stereocenters. The van der Waals surface area contributed by atoms with Crippen LogP contribution < -0.4 is 5.32 Å². The highest BCUT2D eigenvalue weighted by molar-refractivity contribution is 5.61. The van der Waals surface area contributed by atoms with Crippen molar-refractivity contribution in [2.45, 2.75) is 19.4 Å². The monoisotopic (exact) mass is 390 g/mol. The molecule has 1 aromatic heterocycles. The van der Waals surface area contributed by atoms with Crippen LogP contribution in [-0.2, 0) is 24.1 Å². The van der Waals surface area contributed by atoms with Crippen LogP contribution in [0.1, 0.15) is 16.7 Å². The van der Waals surface area contributed by atoms with Crippen LogP contribution in [0.4, 0.5) is 0 Å². The van der Waals surface area contributed by atoms with E-state index >= 15 is 0 Å². The Morgan fingerprint density at radius 2 is 1.79 bits per heavy atom. The number of nitrogens with one attached hydrogen (secondary N) is 1. The summed E-state index contributed by atoms with van der Waals surface area (Å²) in [5.74, 6) is 1.22. The van der Waals surface area contributed by atoms with Crippen molar-refractivity contribution in [3.8, 4) is 22.8 Å². The summed E-state index contributed by atoms with van der Waals surface area (Å²) in [6.45, 7) is 6.55. The normalized spacial score (nSPS) is 17.7. The molecule has 2 aromatic carbocycles. The molecule has 2 aliphatic heterocycles. The molecule has 0 bridgehead atoms. The fourth-order valence-electron chi connectivity index (χ4n) is 4.09. The fourth-order valence-corrected chi connectivity index (χ4v) is 4.09. The standard InChI is InChI=1S/C23H26N4O2/c1-2-17(16-27-10-12-28-13-11-27)14-20(3-1)22-25-23(29-26-22)21-5-4-18-6-8-24-9-7-19(18)15-21/h1-5,14-15,24H,6-13,16H2. The minimum absolute atomic E-state index is 0.582. The molecular weight excluding hydrogens is 364 g/mol. The van der Waals surface area contributed by atoms with Gasteiger partial charge in [-0.1, -0.05) is 29.4 Å². The van der Waals surface area contributed by atoms with E-state index in [4.69, 9.17) is 9.26 Å². The molecule has 150 valence electrons. The SMILES string of the molecule is c1cc(CN2CCOCC2)cc(-c2noc(-c3ccc4c(c3)CCNCC4)n2)c1. The Morgan fingerprint density at radius 1 is 0.931 bits per heavy atom. The van der Waals surface area contributed by atoms with Crippen LogP contribution in [0.5, 0.6) is 0 Å². The Balaban J connectivity index is 1.36. The first-order valence-corrected chi connectivity index (χ1v) is 10.4. The van der Waals surface area contributed by atoms with E-state index < -0.39 is 0 Å². The summed E-state index contributed by atoms with van der Waals surface area (Å²) in [6.07, 6.45) is 2.11. The highest BCUT2D eigenvalue weighted by atomic mass is 16.5. The van der Waals surface area contributed by atoms with E-state index in [9.17, 15) is 0 Å². The summed E-state index contributed by atoms with van der Waals surface area (Å²) in [4.78, 5) is 7.10. The lowest BCUT2D eigenvalue weighted by Gasteiger charge is -2.26. The van der Waals surface area contributed by atoms with Gasteiger partial charge in [0.2, 0.25) is 5.82 Å². The van der Waals surface area contributed by atoms with Gasteiger partial charge in [0, 0.05) is 30.8 Å². The lowest BCUT2D eigenvalue weighted by molar-refractivity contribution is 0.0342. The summed E-state index contributed by atoms with van der Waals surface area (Å²) in [5, 5.41) is 7.70. The molecule has 0 spiro atoms. The number of morpholine rings is 1. The minimum Gasteiger partial charge on any atom is -0.379 e. The molecular formula is C23H26N4O2. The van der Waals surface area contributed by atoms with E-state index in [1.165, 1.54) is 16.7 Å². The summed E-state index contributed by atoms with van der Waals surface area (Å²) < 4.78 is 11.1. The van der Waals surface area contributed by atoms with Gasteiger partial charge in [-0.3, -0.25) is 4.90 Å². The molecule has 3 aromatic rings.